The first-order valence-corrected chi connectivity index (χ1v) is 7.86. The summed E-state index contributed by atoms with van der Waals surface area (Å²) in [4.78, 5) is 13.6. The van der Waals surface area contributed by atoms with E-state index in [2.05, 4.69) is 29.4 Å². The van der Waals surface area contributed by atoms with Gasteiger partial charge in [-0.05, 0) is 19.5 Å². The topological polar surface area (TPSA) is 61.4 Å². The predicted molar refractivity (Wildman–Crippen MR) is 72.7 cm³/mol. The molecule has 0 spiro atoms. The van der Waals surface area contributed by atoms with Crippen LogP contribution in [0.1, 0.15) is 20.3 Å². The number of urea groups is 1. The number of likely N-dealkylation sites (N-methyl/N-ethyl adjacent to an activating group) is 1. The molecular weight excluding hydrogens is 238 g/mol. The highest BCUT2D eigenvalue weighted by molar-refractivity contribution is 7.84. The van der Waals surface area contributed by atoms with Crippen LogP contribution >= 0.6 is 0 Å². The van der Waals surface area contributed by atoms with Crippen LogP contribution < -0.4 is 10.6 Å². The van der Waals surface area contributed by atoms with Gasteiger partial charge in [0.05, 0.1) is 0 Å². The van der Waals surface area contributed by atoms with Crippen LogP contribution in [0.4, 0.5) is 4.79 Å². The van der Waals surface area contributed by atoms with Crippen LogP contribution in [0.25, 0.3) is 0 Å². The Labute approximate surface area is 107 Å². The Bertz CT molecular complexity index is 233. The Balaban J connectivity index is 3.43. The van der Waals surface area contributed by atoms with Gasteiger partial charge in [-0.2, -0.15) is 0 Å². The number of carbonyl (C=O) groups excluding carboxylic acids is 1. The minimum Gasteiger partial charge on any atom is -0.338 e. The lowest BCUT2D eigenvalue weighted by Gasteiger charge is -2.18. The SMILES string of the molecule is CCN(CC)CCNC(=O)NCCCS(C)=O. The maximum Gasteiger partial charge on any atom is 0.314 e. The maximum absolute atomic E-state index is 11.3. The Kier molecular flexibility index (Phi) is 10.1. The van der Waals surface area contributed by atoms with E-state index in [0.29, 0.717) is 18.8 Å². The molecule has 1 atom stereocenters. The predicted octanol–water partition coefficient (Wildman–Crippen LogP) is 0.396. The van der Waals surface area contributed by atoms with Crippen molar-refractivity contribution in [2.24, 2.45) is 0 Å². The summed E-state index contributed by atoms with van der Waals surface area (Å²) < 4.78 is 10.8. The molecule has 2 N–H and O–H groups in total. The molecule has 0 bridgehead atoms. The highest BCUT2D eigenvalue weighted by Crippen LogP contribution is 1.84. The van der Waals surface area contributed by atoms with Gasteiger partial charge in [0.15, 0.2) is 0 Å². The van der Waals surface area contributed by atoms with Gasteiger partial charge in [0.1, 0.15) is 0 Å². The molecule has 6 heteroatoms. The van der Waals surface area contributed by atoms with Crippen molar-refractivity contribution < 1.29 is 9.00 Å². The van der Waals surface area contributed by atoms with Crippen LogP contribution in [0, 0.1) is 0 Å². The molecule has 102 valence electrons. The lowest BCUT2D eigenvalue weighted by atomic mass is 10.4. The molecule has 2 amide bonds. The zero-order valence-corrected chi connectivity index (χ0v) is 11.9. The fourth-order valence-electron chi connectivity index (χ4n) is 1.41. The Morgan fingerprint density at radius 3 is 2.29 bits per heavy atom. The molecule has 0 aliphatic rings. The van der Waals surface area contributed by atoms with Crippen LogP contribution in [0.5, 0.6) is 0 Å². The molecule has 0 rings (SSSR count). The molecule has 17 heavy (non-hydrogen) atoms. The minimum atomic E-state index is -0.773. The van der Waals surface area contributed by atoms with Crippen molar-refractivity contribution in [3.63, 3.8) is 0 Å². The number of amides is 2. The number of hydrogen-bond acceptors (Lipinski definition) is 3. The normalized spacial score (nSPS) is 12.5. The van der Waals surface area contributed by atoms with Gasteiger partial charge < -0.3 is 15.5 Å². The molecule has 0 heterocycles. The summed E-state index contributed by atoms with van der Waals surface area (Å²) in [6, 6.07) is -0.140. The monoisotopic (exact) mass is 263 g/mol. The quantitative estimate of drug-likeness (QED) is 0.592. The van der Waals surface area contributed by atoms with Gasteiger partial charge in [-0.15, -0.1) is 0 Å². The molecule has 0 aromatic rings. The second-order valence-corrected chi connectivity index (χ2v) is 5.40. The first kappa shape index (κ1) is 16.4. The van der Waals surface area contributed by atoms with Crippen LogP contribution in [-0.4, -0.2) is 59.9 Å². The summed E-state index contributed by atoms with van der Waals surface area (Å²) in [7, 11) is -0.773. The van der Waals surface area contributed by atoms with Gasteiger partial charge in [0.2, 0.25) is 0 Å². The van der Waals surface area contributed by atoms with Gasteiger partial charge in [-0.1, -0.05) is 13.8 Å². The fraction of sp³-hybridized carbons (Fsp3) is 0.909. The second-order valence-electron chi connectivity index (χ2n) is 3.84. The zero-order chi connectivity index (χ0) is 13.1. The van der Waals surface area contributed by atoms with Gasteiger partial charge in [-0.25, -0.2) is 4.79 Å². The highest BCUT2D eigenvalue weighted by Gasteiger charge is 2.01. The van der Waals surface area contributed by atoms with Crippen molar-refractivity contribution in [2.75, 3.05) is 44.7 Å². The lowest BCUT2D eigenvalue weighted by Crippen LogP contribution is -2.40. The Morgan fingerprint density at radius 1 is 1.18 bits per heavy atom. The second kappa shape index (κ2) is 10.5. The minimum absolute atomic E-state index is 0.140. The van der Waals surface area contributed by atoms with Crippen molar-refractivity contribution in [3.05, 3.63) is 0 Å². The summed E-state index contributed by atoms with van der Waals surface area (Å²) in [5.74, 6) is 0.639. The summed E-state index contributed by atoms with van der Waals surface area (Å²) in [5.41, 5.74) is 0. The molecule has 0 radical (unpaired) electrons. The summed E-state index contributed by atoms with van der Waals surface area (Å²) in [5, 5.41) is 5.55. The first-order chi connectivity index (χ1) is 8.10. The van der Waals surface area contributed by atoms with E-state index in [9.17, 15) is 9.00 Å². The third-order valence-corrected chi connectivity index (χ3v) is 3.37. The van der Waals surface area contributed by atoms with E-state index >= 15 is 0 Å². The van der Waals surface area contributed by atoms with Crippen molar-refractivity contribution >= 4 is 16.8 Å². The number of nitrogens with zero attached hydrogens (tertiary/aromatic N) is 1. The number of rotatable bonds is 9. The number of nitrogens with one attached hydrogen (secondary N) is 2. The van der Waals surface area contributed by atoms with Gasteiger partial charge in [0.25, 0.3) is 0 Å². The standard InChI is InChI=1S/C11H25N3O2S/c1-4-14(5-2)9-8-13-11(15)12-7-6-10-17(3)16/h4-10H2,1-3H3,(H2,12,13,15). The highest BCUT2D eigenvalue weighted by atomic mass is 32.2. The van der Waals surface area contributed by atoms with E-state index < -0.39 is 10.8 Å². The third kappa shape index (κ3) is 10.3. The van der Waals surface area contributed by atoms with E-state index in [1.165, 1.54) is 0 Å². The van der Waals surface area contributed by atoms with Crippen LogP contribution in [-0.2, 0) is 10.8 Å². The van der Waals surface area contributed by atoms with E-state index in [-0.39, 0.29) is 6.03 Å². The Morgan fingerprint density at radius 2 is 1.76 bits per heavy atom. The first-order valence-electron chi connectivity index (χ1n) is 6.14. The maximum atomic E-state index is 11.3. The van der Waals surface area contributed by atoms with E-state index in [0.717, 1.165) is 26.1 Å². The summed E-state index contributed by atoms with van der Waals surface area (Å²) in [6.07, 6.45) is 2.43. The summed E-state index contributed by atoms with van der Waals surface area (Å²) in [6.45, 7) is 8.33. The molecule has 1 unspecified atom stereocenters. The number of carbonyl (C=O) groups is 1. The van der Waals surface area contributed by atoms with E-state index in [1.54, 1.807) is 6.26 Å². The summed E-state index contributed by atoms with van der Waals surface area (Å²) >= 11 is 0. The zero-order valence-electron chi connectivity index (χ0n) is 11.1. The van der Waals surface area contributed by atoms with Gasteiger partial charge in [-0.3, -0.25) is 4.21 Å². The fourth-order valence-corrected chi connectivity index (χ4v) is 1.96. The van der Waals surface area contributed by atoms with Gasteiger partial charge in [0, 0.05) is 42.4 Å². The molecule has 0 saturated heterocycles. The lowest BCUT2D eigenvalue weighted by molar-refractivity contribution is 0.237. The largest absolute Gasteiger partial charge is 0.338 e. The molecule has 0 fully saturated rings. The van der Waals surface area contributed by atoms with Crippen molar-refractivity contribution in [1.82, 2.24) is 15.5 Å². The molecule has 0 saturated carbocycles. The van der Waals surface area contributed by atoms with Crippen LogP contribution in [0.15, 0.2) is 0 Å². The van der Waals surface area contributed by atoms with Crippen molar-refractivity contribution in [3.8, 4) is 0 Å². The molecule has 0 aromatic heterocycles. The molecule has 5 nitrogen and oxygen atoms in total. The van der Waals surface area contributed by atoms with E-state index in [1.807, 2.05) is 0 Å². The number of hydrogen-bond donors (Lipinski definition) is 2. The average molecular weight is 263 g/mol. The van der Waals surface area contributed by atoms with Crippen molar-refractivity contribution in [2.45, 2.75) is 20.3 Å². The van der Waals surface area contributed by atoms with Gasteiger partial charge >= 0.3 is 6.03 Å². The molecular formula is C11H25N3O2S. The Hall–Kier alpha value is -0.620. The van der Waals surface area contributed by atoms with E-state index in [4.69, 9.17) is 0 Å². The van der Waals surface area contributed by atoms with Crippen LogP contribution in [0.3, 0.4) is 0 Å². The third-order valence-electron chi connectivity index (χ3n) is 2.50. The van der Waals surface area contributed by atoms with Crippen LogP contribution in [0.2, 0.25) is 0 Å². The molecule has 0 aromatic carbocycles. The molecule has 0 aliphatic heterocycles. The molecule has 0 aliphatic carbocycles. The average Bonchev–Trinajstić information content (AvgIpc) is 2.30. The smallest absolute Gasteiger partial charge is 0.314 e. The van der Waals surface area contributed by atoms with Crippen molar-refractivity contribution in [1.29, 1.82) is 0 Å².